The van der Waals surface area contributed by atoms with Gasteiger partial charge in [-0.3, -0.25) is 24.4 Å². The van der Waals surface area contributed by atoms with E-state index in [-0.39, 0.29) is 23.3 Å². The molecule has 0 N–H and O–H groups in total. The second-order valence-electron chi connectivity index (χ2n) is 10.6. The van der Waals surface area contributed by atoms with E-state index in [0.29, 0.717) is 36.7 Å². The lowest BCUT2D eigenvalue weighted by Gasteiger charge is -2.34. The second kappa shape index (κ2) is 12.6. The van der Waals surface area contributed by atoms with Crippen LogP contribution in [0.2, 0.25) is 0 Å². The number of pyridine rings is 1. The summed E-state index contributed by atoms with van der Waals surface area (Å²) < 4.78 is 26.3. The number of piperazine rings is 1. The van der Waals surface area contributed by atoms with E-state index in [1.54, 1.807) is 29.2 Å². The zero-order valence-corrected chi connectivity index (χ0v) is 22.1. The Labute approximate surface area is 228 Å². The van der Waals surface area contributed by atoms with E-state index in [0.717, 1.165) is 63.2 Å². The quantitative estimate of drug-likeness (QED) is 0.390. The van der Waals surface area contributed by atoms with Gasteiger partial charge in [0.25, 0.3) is 5.91 Å². The Bertz CT molecular complexity index is 1250. The van der Waals surface area contributed by atoms with Crippen LogP contribution < -0.4 is 0 Å². The molecule has 0 atom stereocenters. The van der Waals surface area contributed by atoms with Gasteiger partial charge in [-0.2, -0.15) is 0 Å². The van der Waals surface area contributed by atoms with Crippen LogP contribution >= 0.6 is 0 Å². The molecule has 0 aliphatic carbocycles. The lowest BCUT2D eigenvalue weighted by molar-refractivity contribution is 0.0622. The second-order valence-corrected chi connectivity index (χ2v) is 10.6. The van der Waals surface area contributed by atoms with Gasteiger partial charge in [-0.15, -0.1) is 0 Å². The van der Waals surface area contributed by atoms with Gasteiger partial charge >= 0.3 is 0 Å². The Hall–Kier alpha value is -3.49. The van der Waals surface area contributed by atoms with Gasteiger partial charge in [0.2, 0.25) is 0 Å². The van der Waals surface area contributed by atoms with E-state index >= 15 is 0 Å². The van der Waals surface area contributed by atoms with Gasteiger partial charge in [-0.1, -0.05) is 24.3 Å². The summed E-state index contributed by atoms with van der Waals surface area (Å²) in [5.41, 5.74) is 3.05. The van der Waals surface area contributed by atoms with Crippen molar-refractivity contribution in [3.63, 3.8) is 0 Å². The molecular weight excluding hydrogens is 498 g/mol. The van der Waals surface area contributed by atoms with E-state index in [1.807, 2.05) is 12.1 Å². The molecular formula is C31H34F2N4O2. The number of likely N-dealkylation sites (tertiary alicyclic amines) is 1. The molecule has 6 nitrogen and oxygen atoms in total. The summed E-state index contributed by atoms with van der Waals surface area (Å²) in [6.45, 7) is 6.03. The lowest BCUT2D eigenvalue weighted by Crippen LogP contribution is -2.48. The molecule has 3 heterocycles. The maximum atomic E-state index is 13.1. The molecule has 2 aliphatic rings. The maximum absolute atomic E-state index is 13.1. The van der Waals surface area contributed by atoms with E-state index in [9.17, 15) is 18.4 Å². The highest BCUT2D eigenvalue weighted by Crippen LogP contribution is 2.24. The number of hydrogen-bond acceptors (Lipinski definition) is 5. The topological polar surface area (TPSA) is 56.8 Å². The summed E-state index contributed by atoms with van der Waals surface area (Å²) in [7, 11) is 0. The normalized spacial score (nSPS) is 17.3. The molecule has 2 saturated heterocycles. The van der Waals surface area contributed by atoms with Crippen molar-refractivity contribution in [2.75, 3.05) is 39.3 Å². The molecule has 2 aliphatic heterocycles. The van der Waals surface area contributed by atoms with Gasteiger partial charge in [0.1, 0.15) is 17.3 Å². The van der Waals surface area contributed by atoms with Crippen LogP contribution in [0.4, 0.5) is 8.78 Å². The number of benzene rings is 2. The molecule has 5 rings (SSSR count). The molecule has 39 heavy (non-hydrogen) atoms. The van der Waals surface area contributed by atoms with E-state index < -0.39 is 0 Å². The fourth-order valence-electron chi connectivity index (χ4n) is 5.38. The predicted octanol–water partition coefficient (Wildman–Crippen LogP) is 4.80. The zero-order chi connectivity index (χ0) is 27.2. The third-order valence-corrected chi connectivity index (χ3v) is 7.78. The van der Waals surface area contributed by atoms with Crippen molar-refractivity contribution in [3.05, 3.63) is 101 Å². The Balaban J connectivity index is 1.05. The fraction of sp³-hybridized carbons (Fsp3) is 0.387. The van der Waals surface area contributed by atoms with E-state index in [4.69, 9.17) is 0 Å². The summed E-state index contributed by atoms with van der Waals surface area (Å²) in [6, 6.07) is 16.5. The number of ketones is 1. The molecule has 0 bridgehead atoms. The standard InChI is InChI=1S/C31H34F2N4O2/c32-27-6-1-24(2-7-27)21-35-13-11-23(12-14-35)19-30(38)26-5-10-29(34-20-26)31(39)37-17-15-36(16-18-37)22-25-3-8-28(33)9-4-25/h1-10,20,23H,11-19,21-22H2. The molecule has 204 valence electrons. The van der Waals surface area contributed by atoms with Crippen LogP contribution in [0, 0.1) is 17.6 Å². The molecule has 1 aromatic heterocycles. The molecule has 3 aromatic rings. The highest BCUT2D eigenvalue weighted by atomic mass is 19.1. The smallest absolute Gasteiger partial charge is 0.272 e. The van der Waals surface area contributed by atoms with Crippen molar-refractivity contribution in [3.8, 4) is 0 Å². The number of Topliss-reactive ketones (excluding diaryl/α,β-unsaturated/α-hetero) is 1. The monoisotopic (exact) mass is 532 g/mol. The molecule has 0 unspecified atom stereocenters. The van der Waals surface area contributed by atoms with E-state index in [2.05, 4.69) is 14.8 Å². The Morgan fingerprint density at radius 3 is 1.77 bits per heavy atom. The molecule has 0 radical (unpaired) electrons. The Morgan fingerprint density at radius 2 is 1.26 bits per heavy atom. The number of halogens is 2. The molecule has 1 amide bonds. The molecule has 0 saturated carbocycles. The minimum Gasteiger partial charge on any atom is -0.335 e. The summed E-state index contributed by atoms with van der Waals surface area (Å²) in [5.74, 6) is -0.193. The SMILES string of the molecule is O=C(CC1CCN(Cc2ccc(F)cc2)CC1)c1ccc(C(=O)N2CCN(Cc3ccc(F)cc3)CC2)nc1. The first kappa shape index (κ1) is 27.1. The van der Waals surface area contributed by atoms with Gasteiger partial charge in [-0.05, 0) is 79.4 Å². The maximum Gasteiger partial charge on any atom is 0.272 e. The van der Waals surface area contributed by atoms with Crippen LogP contribution in [0.3, 0.4) is 0 Å². The number of carbonyl (C=O) groups excluding carboxylic acids is 2. The Morgan fingerprint density at radius 1 is 0.718 bits per heavy atom. The first-order valence-electron chi connectivity index (χ1n) is 13.6. The molecule has 2 aromatic carbocycles. The van der Waals surface area contributed by atoms with Gasteiger partial charge in [0.15, 0.2) is 5.78 Å². The van der Waals surface area contributed by atoms with Gasteiger partial charge in [-0.25, -0.2) is 8.78 Å². The molecule has 0 spiro atoms. The summed E-state index contributed by atoms with van der Waals surface area (Å²) in [4.78, 5) is 36.6. The van der Waals surface area contributed by atoms with Crippen LogP contribution in [0.25, 0.3) is 0 Å². The minimum absolute atomic E-state index is 0.0629. The van der Waals surface area contributed by atoms with Crippen LogP contribution in [0.15, 0.2) is 66.9 Å². The summed E-state index contributed by atoms with van der Waals surface area (Å²) in [5, 5.41) is 0. The fourth-order valence-corrected chi connectivity index (χ4v) is 5.38. The largest absolute Gasteiger partial charge is 0.335 e. The van der Waals surface area contributed by atoms with E-state index in [1.165, 1.54) is 30.5 Å². The first-order valence-corrected chi connectivity index (χ1v) is 13.6. The summed E-state index contributed by atoms with van der Waals surface area (Å²) >= 11 is 0. The average molecular weight is 533 g/mol. The first-order chi connectivity index (χ1) is 18.9. The summed E-state index contributed by atoms with van der Waals surface area (Å²) in [6.07, 6.45) is 3.91. The van der Waals surface area contributed by atoms with Gasteiger partial charge in [0.05, 0.1) is 0 Å². The number of piperidine rings is 1. The lowest BCUT2D eigenvalue weighted by atomic mass is 9.90. The zero-order valence-electron chi connectivity index (χ0n) is 22.1. The number of hydrogen-bond donors (Lipinski definition) is 0. The molecule has 2 fully saturated rings. The highest BCUT2D eigenvalue weighted by molar-refractivity contribution is 5.97. The third-order valence-electron chi connectivity index (χ3n) is 7.78. The number of rotatable bonds is 8. The van der Waals surface area contributed by atoms with Crippen molar-refractivity contribution in [1.82, 2.24) is 19.7 Å². The number of aromatic nitrogens is 1. The van der Waals surface area contributed by atoms with Crippen LogP contribution in [0.1, 0.15) is 51.2 Å². The van der Waals surface area contributed by atoms with Gasteiger partial charge in [0, 0.05) is 57.4 Å². The minimum atomic E-state index is -0.241. The van der Waals surface area contributed by atoms with Crippen molar-refractivity contribution in [2.24, 2.45) is 5.92 Å². The third kappa shape index (κ3) is 7.34. The number of amides is 1. The van der Waals surface area contributed by atoms with Crippen LogP contribution in [-0.2, 0) is 13.1 Å². The highest BCUT2D eigenvalue weighted by Gasteiger charge is 2.25. The van der Waals surface area contributed by atoms with Crippen molar-refractivity contribution in [1.29, 1.82) is 0 Å². The van der Waals surface area contributed by atoms with Crippen LogP contribution in [-0.4, -0.2) is 70.6 Å². The van der Waals surface area contributed by atoms with Crippen molar-refractivity contribution in [2.45, 2.75) is 32.4 Å². The van der Waals surface area contributed by atoms with Crippen LogP contribution in [0.5, 0.6) is 0 Å². The van der Waals surface area contributed by atoms with Gasteiger partial charge < -0.3 is 4.90 Å². The number of carbonyl (C=O) groups is 2. The van der Waals surface area contributed by atoms with Crippen molar-refractivity contribution >= 4 is 11.7 Å². The Kier molecular flexibility index (Phi) is 8.74. The molecule has 8 heteroatoms. The van der Waals surface area contributed by atoms with Crippen molar-refractivity contribution < 1.29 is 18.4 Å². The predicted molar refractivity (Wildman–Crippen MR) is 145 cm³/mol. The average Bonchev–Trinajstić information content (AvgIpc) is 2.96. The number of nitrogens with zero attached hydrogens (tertiary/aromatic N) is 4.